The van der Waals surface area contributed by atoms with Crippen LogP contribution in [0.5, 0.6) is 0 Å². The van der Waals surface area contributed by atoms with Crippen LogP contribution in [0, 0.1) is 11.8 Å². The molecule has 0 saturated carbocycles. The number of esters is 1. The van der Waals surface area contributed by atoms with Crippen molar-refractivity contribution in [3.63, 3.8) is 0 Å². The van der Waals surface area contributed by atoms with Crippen molar-refractivity contribution in [2.24, 2.45) is 11.8 Å². The van der Waals surface area contributed by atoms with Gasteiger partial charge in [-0.2, -0.15) is 0 Å². The highest BCUT2D eigenvalue weighted by atomic mass is 16.5. The predicted molar refractivity (Wildman–Crippen MR) is 75.8 cm³/mol. The molecule has 0 saturated heterocycles. The monoisotopic (exact) mass is 272 g/mol. The third-order valence-electron chi connectivity index (χ3n) is 2.56. The van der Waals surface area contributed by atoms with E-state index in [-0.39, 0.29) is 25.0 Å². The number of ether oxygens (including phenoxy) is 1. The van der Waals surface area contributed by atoms with Gasteiger partial charge in [-0.25, -0.2) is 0 Å². The number of nitrogens with zero attached hydrogens (tertiary/aromatic N) is 2. The second kappa shape index (κ2) is 8.91. The SMILES string of the molecule is COC(=O)CN(C)CC(=O)N(CC(C)C)CC(C)C. The largest absolute Gasteiger partial charge is 0.468 e. The highest BCUT2D eigenvalue weighted by Crippen LogP contribution is 2.05. The Hall–Kier alpha value is -1.10. The molecule has 112 valence electrons. The standard InChI is InChI=1S/C14H28N2O3/c1-11(2)7-16(8-12(3)4)13(17)9-15(5)10-14(18)19-6/h11-12H,7-10H2,1-6H3. The Morgan fingerprint density at radius 2 is 1.47 bits per heavy atom. The molecule has 0 atom stereocenters. The van der Waals surface area contributed by atoms with E-state index in [1.165, 1.54) is 7.11 Å². The highest BCUT2D eigenvalue weighted by molar-refractivity contribution is 5.79. The Labute approximate surface area is 116 Å². The summed E-state index contributed by atoms with van der Waals surface area (Å²) >= 11 is 0. The maximum Gasteiger partial charge on any atom is 0.319 e. The molecule has 5 nitrogen and oxygen atoms in total. The van der Waals surface area contributed by atoms with Crippen LogP contribution in [-0.2, 0) is 14.3 Å². The smallest absolute Gasteiger partial charge is 0.319 e. The van der Waals surface area contributed by atoms with E-state index < -0.39 is 0 Å². The van der Waals surface area contributed by atoms with Gasteiger partial charge in [0, 0.05) is 13.1 Å². The summed E-state index contributed by atoms with van der Waals surface area (Å²) in [5.74, 6) is 0.616. The van der Waals surface area contributed by atoms with Crippen LogP contribution < -0.4 is 0 Å². The zero-order chi connectivity index (χ0) is 15.0. The van der Waals surface area contributed by atoms with Gasteiger partial charge in [0.15, 0.2) is 0 Å². The molecule has 0 fully saturated rings. The Bertz CT molecular complexity index is 280. The van der Waals surface area contributed by atoms with Gasteiger partial charge in [-0.1, -0.05) is 27.7 Å². The fourth-order valence-electron chi connectivity index (χ4n) is 1.83. The molecule has 0 unspecified atom stereocenters. The van der Waals surface area contributed by atoms with Gasteiger partial charge in [0.1, 0.15) is 0 Å². The fraction of sp³-hybridized carbons (Fsp3) is 0.857. The summed E-state index contributed by atoms with van der Waals surface area (Å²) in [6.45, 7) is 10.3. The van der Waals surface area contributed by atoms with Crippen molar-refractivity contribution in [2.75, 3.05) is 40.3 Å². The van der Waals surface area contributed by atoms with Gasteiger partial charge >= 0.3 is 5.97 Å². The van der Waals surface area contributed by atoms with Gasteiger partial charge in [0.2, 0.25) is 5.91 Å². The Morgan fingerprint density at radius 3 is 1.84 bits per heavy atom. The summed E-state index contributed by atoms with van der Waals surface area (Å²) in [5.41, 5.74) is 0. The Morgan fingerprint density at radius 1 is 1.00 bits per heavy atom. The summed E-state index contributed by atoms with van der Waals surface area (Å²) in [5, 5.41) is 0. The number of methoxy groups -OCH3 is 1. The zero-order valence-electron chi connectivity index (χ0n) is 13.1. The highest BCUT2D eigenvalue weighted by Gasteiger charge is 2.18. The lowest BCUT2D eigenvalue weighted by Crippen LogP contribution is -2.43. The van der Waals surface area contributed by atoms with Crippen molar-refractivity contribution in [3.05, 3.63) is 0 Å². The number of rotatable bonds is 8. The maximum absolute atomic E-state index is 12.2. The topological polar surface area (TPSA) is 49.9 Å². The van der Waals surface area contributed by atoms with E-state index in [1.54, 1.807) is 11.9 Å². The first-order valence-corrected chi connectivity index (χ1v) is 6.79. The number of hydrogen-bond donors (Lipinski definition) is 0. The number of amides is 1. The van der Waals surface area contributed by atoms with Crippen LogP contribution in [0.2, 0.25) is 0 Å². The van der Waals surface area contributed by atoms with E-state index in [4.69, 9.17) is 0 Å². The van der Waals surface area contributed by atoms with Crippen LogP contribution >= 0.6 is 0 Å². The zero-order valence-corrected chi connectivity index (χ0v) is 13.1. The van der Waals surface area contributed by atoms with E-state index >= 15 is 0 Å². The molecule has 19 heavy (non-hydrogen) atoms. The lowest BCUT2D eigenvalue weighted by molar-refractivity contribution is -0.142. The van der Waals surface area contributed by atoms with Crippen molar-refractivity contribution in [3.8, 4) is 0 Å². The molecular formula is C14H28N2O3. The molecule has 0 aliphatic carbocycles. The van der Waals surface area contributed by atoms with Crippen molar-refractivity contribution in [1.29, 1.82) is 0 Å². The fourth-order valence-corrected chi connectivity index (χ4v) is 1.83. The molecule has 0 aliphatic heterocycles. The minimum Gasteiger partial charge on any atom is -0.468 e. The molecule has 0 spiro atoms. The molecule has 1 amide bonds. The molecule has 0 N–H and O–H groups in total. The molecular weight excluding hydrogens is 244 g/mol. The molecule has 0 aromatic rings. The van der Waals surface area contributed by atoms with Gasteiger partial charge in [-0.3, -0.25) is 14.5 Å². The van der Waals surface area contributed by atoms with Gasteiger partial charge < -0.3 is 9.64 Å². The number of carbonyl (C=O) groups excluding carboxylic acids is 2. The number of likely N-dealkylation sites (N-methyl/N-ethyl adjacent to an activating group) is 1. The normalized spacial score (nSPS) is 11.2. The third-order valence-corrected chi connectivity index (χ3v) is 2.56. The van der Waals surface area contributed by atoms with Crippen LogP contribution in [0.3, 0.4) is 0 Å². The molecule has 0 heterocycles. The van der Waals surface area contributed by atoms with E-state index in [9.17, 15) is 9.59 Å². The van der Waals surface area contributed by atoms with E-state index in [0.717, 1.165) is 13.1 Å². The quantitative estimate of drug-likeness (QED) is 0.624. The van der Waals surface area contributed by atoms with Crippen molar-refractivity contribution >= 4 is 11.9 Å². The Kier molecular flexibility index (Phi) is 8.39. The molecule has 0 aromatic carbocycles. The first kappa shape index (κ1) is 17.9. The summed E-state index contributed by atoms with van der Waals surface area (Å²) in [4.78, 5) is 26.9. The van der Waals surface area contributed by atoms with Gasteiger partial charge in [0.25, 0.3) is 0 Å². The first-order valence-electron chi connectivity index (χ1n) is 6.79. The van der Waals surface area contributed by atoms with Crippen LogP contribution in [0.15, 0.2) is 0 Å². The second-order valence-electron chi connectivity index (χ2n) is 5.83. The maximum atomic E-state index is 12.2. The minimum atomic E-state index is -0.324. The molecule has 5 heteroatoms. The average Bonchev–Trinajstić information content (AvgIpc) is 2.26. The molecule has 0 rings (SSSR count). The minimum absolute atomic E-state index is 0.0637. The van der Waals surface area contributed by atoms with Gasteiger partial charge in [0.05, 0.1) is 20.2 Å². The third kappa shape index (κ3) is 8.59. The predicted octanol–water partition coefficient (Wildman–Crippen LogP) is 1.23. The summed E-state index contributed by atoms with van der Waals surface area (Å²) in [6, 6.07) is 0. The summed E-state index contributed by atoms with van der Waals surface area (Å²) in [6.07, 6.45) is 0. The molecule has 0 bridgehead atoms. The average molecular weight is 272 g/mol. The molecule has 0 aliphatic rings. The van der Waals surface area contributed by atoms with Crippen molar-refractivity contribution in [2.45, 2.75) is 27.7 Å². The van der Waals surface area contributed by atoms with Crippen LogP contribution in [0.1, 0.15) is 27.7 Å². The van der Waals surface area contributed by atoms with Crippen LogP contribution in [-0.4, -0.2) is 62.0 Å². The van der Waals surface area contributed by atoms with Crippen molar-refractivity contribution in [1.82, 2.24) is 9.80 Å². The number of hydrogen-bond acceptors (Lipinski definition) is 4. The van der Waals surface area contributed by atoms with E-state index in [0.29, 0.717) is 11.8 Å². The first-order chi connectivity index (χ1) is 8.76. The lowest BCUT2D eigenvalue weighted by Gasteiger charge is -2.28. The summed E-state index contributed by atoms with van der Waals surface area (Å²) < 4.78 is 4.59. The van der Waals surface area contributed by atoms with Crippen molar-refractivity contribution < 1.29 is 14.3 Å². The van der Waals surface area contributed by atoms with Gasteiger partial charge in [-0.05, 0) is 18.9 Å². The lowest BCUT2D eigenvalue weighted by atomic mass is 10.1. The Balaban J connectivity index is 4.41. The van der Waals surface area contributed by atoms with E-state index in [1.807, 2.05) is 4.90 Å². The van der Waals surface area contributed by atoms with E-state index in [2.05, 4.69) is 32.4 Å². The van der Waals surface area contributed by atoms with Gasteiger partial charge in [-0.15, -0.1) is 0 Å². The van der Waals surface area contributed by atoms with Crippen LogP contribution in [0.25, 0.3) is 0 Å². The molecule has 0 radical (unpaired) electrons. The van der Waals surface area contributed by atoms with Crippen LogP contribution in [0.4, 0.5) is 0 Å². The second-order valence-corrected chi connectivity index (χ2v) is 5.83. The number of carbonyl (C=O) groups is 2. The molecule has 0 aromatic heterocycles. The summed E-state index contributed by atoms with van der Waals surface area (Å²) in [7, 11) is 3.10.